The van der Waals surface area contributed by atoms with Gasteiger partial charge in [-0.1, -0.05) is 0 Å². The smallest absolute Gasteiger partial charge is 0.412 e. The number of benzene rings is 1. The molecule has 0 spiro atoms. The van der Waals surface area contributed by atoms with Crippen molar-refractivity contribution in [3.63, 3.8) is 0 Å². The summed E-state index contributed by atoms with van der Waals surface area (Å²) in [6, 6.07) is 3.38. The third-order valence-corrected chi connectivity index (χ3v) is 3.90. The first-order valence-corrected chi connectivity index (χ1v) is 7.81. The van der Waals surface area contributed by atoms with Crippen molar-refractivity contribution in [1.82, 2.24) is 0 Å². The predicted molar refractivity (Wildman–Crippen MR) is 90.5 cm³/mol. The van der Waals surface area contributed by atoms with Crippen LogP contribution in [0.15, 0.2) is 12.1 Å². The highest BCUT2D eigenvalue weighted by atomic mass is 16.6. The molecule has 0 atom stereocenters. The maximum absolute atomic E-state index is 12.1. The number of nitrogens with one attached hydrogen (secondary N) is 1. The molecule has 24 heavy (non-hydrogen) atoms. The summed E-state index contributed by atoms with van der Waals surface area (Å²) in [5.74, 6) is 0.976. The van der Waals surface area contributed by atoms with E-state index in [1.54, 1.807) is 32.9 Å². The Morgan fingerprint density at radius 1 is 1.25 bits per heavy atom. The van der Waals surface area contributed by atoms with E-state index in [-0.39, 0.29) is 0 Å². The molecule has 1 aromatic carbocycles. The molecule has 7 heteroatoms. The summed E-state index contributed by atoms with van der Waals surface area (Å²) in [5.41, 5.74) is 6.19. The number of amides is 1. The van der Waals surface area contributed by atoms with Crippen molar-refractivity contribution in [1.29, 1.82) is 0 Å². The Labute approximate surface area is 142 Å². The van der Waals surface area contributed by atoms with Crippen LogP contribution >= 0.6 is 0 Å². The summed E-state index contributed by atoms with van der Waals surface area (Å²) in [7, 11) is 3.04. The van der Waals surface area contributed by atoms with Gasteiger partial charge < -0.3 is 25.1 Å². The summed E-state index contributed by atoms with van der Waals surface area (Å²) in [5, 5.41) is 12.4. The minimum absolute atomic E-state index is 0.408. The molecule has 0 aliphatic heterocycles. The van der Waals surface area contributed by atoms with Crippen LogP contribution in [0.1, 0.15) is 39.2 Å². The van der Waals surface area contributed by atoms with Gasteiger partial charge in [0.2, 0.25) is 0 Å². The van der Waals surface area contributed by atoms with Gasteiger partial charge in [0.05, 0.1) is 26.0 Å². The van der Waals surface area contributed by atoms with E-state index < -0.39 is 23.3 Å². The Kier molecular flexibility index (Phi) is 4.96. The number of carbonyl (C=O) groups excluding carboxylic acids is 1. The monoisotopic (exact) mass is 338 g/mol. The zero-order chi connectivity index (χ0) is 18.1. The number of carbonyl (C=O) groups is 1. The maximum atomic E-state index is 12.1. The molecule has 0 bridgehead atoms. The number of anilines is 1. The van der Waals surface area contributed by atoms with Crippen molar-refractivity contribution in [3.05, 3.63) is 17.7 Å². The topological polar surface area (TPSA) is 103 Å². The summed E-state index contributed by atoms with van der Waals surface area (Å²) in [6.07, 6.45) is -0.214. The molecule has 0 radical (unpaired) electrons. The fourth-order valence-corrected chi connectivity index (χ4v) is 2.81. The van der Waals surface area contributed by atoms with E-state index in [1.165, 1.54) is 14.2 Å². The van der Waals surface area contributed by atoms with Crippen LogP contribution in [0.3, 0.4) is 0 Å². The first-order chi connectivity index (χ1) is 11.1. The van der Waals surface area contributed by atoms with Crippen LogP contribution in [0.5, 0.6) is 11.5 Å². The Hall–Kier alpha value is -1.99. The number of methoxy groups -OCH3 is 2. The molecule has 1 aromatic rings. The van der Waals surface area contributed by atoms with Gasteiger partial charge in [-0.05, 0) is 45.2 Å². The highest BCUT2D eigenvalue weighted by Crippen LogP contribution is 2.46. The average Bonchev–Trinajstić information content (AvgIpc) is 2.43. The minimum atomic E-state index is -0.733. The average molecular weight is 338 g/mol. The number of ether oxygens (including phenoxy) is 3. The quantitative estimate of drug-likeness (QED) is 0.779. The lowest BCUT2D eigenvalue weighted by molar-refractivity contribution is 0.0211. The second kappa shape index (κ2) is 6.49. The van der Waals surface area contributed by atoms with Gasteiger partial charge >= 0.3 is 6.09 Å². The third-order valence-electron chi connectivity index (χ3n) is 3.90. The van der Waals surface area contributed by atoms with Crippen LogP contribution in [-0.4, -0.2) is 37.1 Å². The lowest BCUT2D eigenvalue weighted by Crippen LogP contribution is -2.52. The highest BCUT2D eigenvalue weighted by molar-refractivity contribution is 5.87. The van der Waals surface area contributed by atoms with Crippen LogP contribution < -0.4 is 20.5 Å². The summed E-state index contributed by atoms with van der Waals surface area (Å²) < 4.78 is 15.9. The molecular weight excluding hydrogens is 312 g/mol. The second-order valence-electron chi connectivity index (χ2n) is 7.10. The van der Waals surface area contributed by atoms with E-state index >= 15 is 0 Å². The molecular formula is C17H26N2O5. The molecule has 1 aliphatic rings. The lowest BCUT2D eigenvalue weighted by Gasteiger charge is -2.43. The summed E-state index contributed by atoms with van der Waals surface area (Å²) in [6.45, 7) is 5.36. The van der Waals surface area contributed by atoms with Crippen molar-refractivity contribution in [2.45, 2.75) is 50.9 Å². The molecule has 7 nitrogen and oxygen atoms in total. The lowest BCUT2D eigenvalue weighted by atomic mass is 9.70. The van der Waals surface area contributed by atoms with Crippen LogP contribution in [0.25, 0.3) is 0 Å². The van der Waals surface area contributed by atoms with Crippen molar-refractivity contribution in [2.75, 3.05) is 19.5 Å². The zero-order valence-electron chi connectivity index (χ0n) is 14.8. The number of hydrogen-bond acceptors (Lipinski definition) is 6. The number of aliphatic hydroxyl groups is 1. The standard InChI is InChI=1S/C17H26N2O5/c1-16(2,3)24-15(21)19-12-7-14(23-5)13(22-4)6-11(12)17(18)8-10(20)9-17/h6-7,10,20H,8-9,18H2,1-5H3,(H,19,21). The Balaban J connectivity index is 2.38. The van der Waals surface area contributed by atoms with Crippen LogP contribution in [0.2, 0.25) is 0 Å². The van der Waals surface area contributed by atoms with Gasteiger partial charge in [0.25, 0.3) is 0 Å². The molecule has 0 unspecified atom stereocenters. The normalized spacial score (nSPS) is 23.2. The van der Waals surface area contributed by atoms with Gasteiger partial charge in [-0.25, -0.2) is 4.79 Å². The fourth-order valence-electron chi connectivity index (χ4n) is 2.81. The van der Waals surface area contributed by atoms with Gasteiger partial charge in [0.1, 0.15) is 5.60 Å². The third kappa shape index (κ3) is 3.91. The molecule has 1 amide bonds. The largest absolute Gasteiger partial charge is 0.493 e. The van der Waals surface area contributed by atoms with Gasteiger partial charge in [-0.3, -0.25) is 5.32 Å². The minimum Gasteiger partial charge on any atom is -0.493 e. The van der Waals surface area contributed by atoms with E-state index in [0.29, 0.717) is 35.6 Å². The fraction of sp³-hybridized carbons (Fsp3) is 0.588. The van der Waals surface area contributed by atoms with Crippen LogP contribution in [-0.2, 0) is 10.3 Å². The van der Waals surface area contributed by atoms with Gasteiger partial charge in [-0.15, -0.1) is 0 Å². The highest BCUT2D eigenvalue weighted by Gasteiger charge is 2.43. The predicted octanol–water partition coefficient (Wildman–Crippen LogP) is 2.36. The molecule has 134 valence electrons. The molecule has 1 fully saturated rings. The number of aliphatic hydroxyl groups excluding tert-OH is 1. The van der Waals surface area contributed by atoms with E-state index in [2.05, 4.69) is 5.32 Å². The molecule has 1 saturated carbocycles. The Morgan fingerprint density at radius 2 is 1.79 bits per heavy atom. The Morgan fingerprint density at radius 3 is 2.25 bits per heavy atom. The number of hydrogen-bond donors (Lipinski definition) is 3. The SMILES string of the molecule is COc1cc(NC(=O)OC(C)(C)C)c(C2(N)CC(O)C2)cc1OC. The molecule has 0 heterocycles. The Bertz CT molecular complexity index is 618. The van der Waals surface area contributed by atoms with Crippen molar-refractivity contribution in [3.8, 4) is 11.5 Å². The molecule has 0 aromatic heterocycles. The van der Waals surface area contributed by atoms with Crippen LogP contribution in [0, 0.1) is 0 Å². The van der Waals surface area contributed by atoms with Gasteiger partial charge in [0.15, 0.2) is 11.5 Å². The van der Waals surface area contributed by atoms with Gasteiger partial charge in [-0.2, -0.15) is 0 Å². The van der Waals surface area contributed by atoms with E-state index in [9.17, 15) is 9.90 Å². The van der Waals surface area contributed by atoms with Gasteiger partial charge in [0, 0.05) is 11.6 Å². The van der Waals surface area contributed by atoms with Crippen molar-refractivity contribution < 1.29 is 24.1 Å². The van der Waals surface area contributed by atoms with E-state index in [4.69, 9.17) is 19.9 Å². The molecule has 4 N–H and O–H groups in total. The van der Waals surface area contributed by atoms with Crippen molar-refractivity contribution >= 4 is 11.8 Å². The maximum Gasteiger partial charge on any atom is 0.412 e. The number of nitrogens with two attached hydrogens (primary N) is 1. The molecule has 2 rings (SSSR count). The van der Waals surface area contributed by atoms with Crippen LogP contribution in [0.4, 0.5) is 10.5 Å². The first kappa shape index (κ1) is 18.4. The zero-order valence-corrected chi connectivity index (χ0v) is 14.8. The second-order valence-corrected chi connectivity index (χ2v) is 7.10. The summed E-state index contributed by atoms with van der Waals surface area (Å²) in [4.78, 5) is 12.1. The first-order valence-electron chi connectivity index (χ1n) is 7.81. The summed E-state index contributed by atoms with van der Waals surface area (Å²) >= 11 is 0. The molecule has 0 saturated heterocycles. The van der Waals surface area contributed by atoms with E-state index in [1.807, 2.05) is 0 Å². The number of rotatable bonds is 4. The van der Waals surface area contributed by atoms with Crippen molar-refractivity contribution in [2.24, 2.45) is 5.73 Å². The van der Waals surface area contributed by atoms with E-state index in [0.717, 1.165) is 0 Å². The molecule has 1 aliphatic carbocycles.